The number of rotatable bonds is 9. The van der Waals surface area contributed by atoms with Crippen LogP contribution in [0.2, 0.25) is 0 Å². The Morgan fingerprint density at radius 2 is 1.79 bits per heavy atom. The monoisotopic (exact) mass is 469 g/mol. The highest BCUT2D eigenvalue weighted by molar-refractivity contribution is 5.97. The molecule has 34 heavy (non-hydrogen) atoms. The zero-order valence-corrected chi connectivity index (χ0v) is 18.1. The minimum atomic E-state index is -2.70. The van der Waals surface area contributed by atoms with E-state index in [-0.39, 0.29) is 17.3 Å². The first-order valence-corrected chi connectivity index (χ1v) is 9.97. The molecule has 1 atom stereocenters. The van der Waals surface area contributed by atoms with Gasteiger partial charge >= 0.3 is 11.9 Å². The van der Waals surface area contributed by atoms with Crippen LogP contribution in [0, 0.1) is 0 Å². The van der Waals surface area contributed by atoms with Crippen molar-refractivity contribution in [2.75, 3.05) is 23.4 Å². The van der Waals surface area contributed by atoms with Gasteiger partial charge in [0, 0.05) is 37.5 Å². The molecule has 0 unspecified atom stereocenters. The van der Waals surface area contributed by atoms with E-state index >= 15 is 0 Å². The molecule has 13 heteroatoms. The summed E-state index contributed by atoms with van der Waals surface area (Å²) in [5, 5.41) is 30.6. The van der Waals surface area contributed by atoms with E-state index < -0.39 is 36.4 Å². The number of nitrogens with two attached hydrogens (primary N) is 2. The van der Waals surface area contributed by atoms with Crippen LogP contribution in [-0.2, 0) is 16.1 Å². The minimum Gasteiger partial charge on any atom is -0.481 e. The predicted octanol–water partition coefficient (Wildman–Crippen LogP) is 0.193. The lowest BCUT2D eigenvalue weighted by Gasteiger charge is -2.24. The van der Waals surface area contributed by atoms with Gasteiger partial charge in [0.2, 0.25) is 11.7 Å². The molecule has 2 heterocycles. The van der Waals surface area contributed by atoms with Gasteiger partial charge in [0.15, 0.2) is 5.65 Å². The van der Waals surface area contributed by atoms with E-state index in [0.717, 1.165) is 11.3 Å². The molecule has 0 radical (unpaired) electrons. The highest BCUT2D eigenvalue weighted by atomic mass is 16.4. The molecule has 2 aromatic heterocycles. The van der Waals surface area contributed by atoms with Gasteiger partial charge < -0.3 is 37.0 Å². The number of carboxylic acids is 2. The van der Waals surface area contributed by atoms with Crippen molar-refractivity contribution in [2.45, 2.75) is 25.1 Å². The molecular formula is C21H23N7O6. The number of pyridine rings is 1. The second-order valence-corrected chi connectivity index (χ2v) is 7.60. The van der Waals surface area contributed by atoms with Crippen LogP contribution in [0.25, 0.3) is 11.0 Å². The third-order valence-electron chi connectivity index (χ3n) is 5.02. The number of nitrogen functional groups attached to an aromatic ring is 2. The molecule has 0 aliphatic heterocycles. The summed E-state index contributed by atoms with van der Waals surface area (Å²) in [5.74, 6) is -3.66. The number of nitrogens with one attached hydrogen (secondary N) is 1. The molecular weight excluding hydrogens is 446 g/mol. The first kappa shape index (κ1) is 24.1. The Balaban J connectivity index is 1.71. The topological polar surface area (TPSA) is 218 Å². The summed E-state index contributed by atoms with van der Waals surface area (Å²) in [6.07, 6.45) is 0.310. The van der Waals surface area contributed by atoms with Gasteiger partial charge in [-0.15, -0.1) is 0 Å². The van der Waals surface area contributed by atoms with Crippen molar-refractivity contribution in [3.8, 4) is 0 Å². The largest absolute Gasteiger partial charge is 0.481 e. The van der Waals surface area contributed by atoms with Crippen molar-refractivity contribution in [1.82, 2.24) is 20.3 Å². The normalized spacial score (nSPS) is 12.6. The van der Waals surface area contributed by atoms with Gasteiger partial charge in [-0.1, -0.05) is 0 Å². The molecule has 3 aromatic rings. The Kier molecular flexibility index (Phi) is 6.77. The van der Waals surface area contributed by atoms with Gasteiger partial charge in [-0.05, 0) is 35.9 Å². The molecule has 1 aromatic carbocycles. The summed E-state index contributed by atoms with van der Waals surface area (Å²) in [4.78, 5) is 48.6. The molecule has 0 bridgehead atoms. The molecule has 0 fully saturated rings. The van der Waals surface area contributed by atoms with Crippen LogP contribution in [-0.4, -0.2) is 60.9 Å². The number of aliphatic carboxylic acids is 2. The number of carboxylic acid groups (broad SMARTS) is 2. The van der Waals surface area contributed by atoms with Crippen molar-refractivity contribution in [3.05, 3.63) is 47.7 Å². The van der Waals surface area contributed by atoms with Gasteiger partial charge in [0.1, 0.15) is 5.82 Å². The number of anilines is 3. The highest BCUT2D eigenvalue weighted by Crippen LogP contribution is 2.21. The summed E-state index contributed by atoms with van der Waals surface area (Å²) in [6.45, 7) is 0.437. The van der Waals surface area contributed by atoms with Crippen molar-refractivity contribution < 1.29 is 29.7 Å². The van der Waals surface area contributed by atoms with Gasteiger partial charge in [0.05, 0.1) is 11.8 Å². The maximum absolute atomic E-state index is 12.4. The molecule has 8 N–H and O–H groups in total. The van der Waals surface area contributed by atoms with Crippen molar-refractivity contribution in [3.63, 3.8) is 0 Å². The zero-order valence-electron chi connectivity index (χ0n) is 18.1. The molecule has 178 valence electrons. The maximum Gasteiger partial charge on any atom is 0.357 e. The van der Waals surface area contributed by atoms with Crippen LogP contribution in [0.1, 0.15) is 28.8 Å². The van der Waals surface area contributed by atoms with Crippen molar-refractivity contribution >= 4 is 46.3 Å². The summed E-state index contributed by atoms with van der Waals surface area (Å²) in [7, 11) is 1.82. The molecule has 0 saturated carbocycles. The lowest BCUT2D eigenvalue weighted by atomic mass is 10.1. The summed E-state index contributed by atoms with van der Waals surface area (Å²) >= 11 is 0. The van der Waals surface area contributed by atoms with Gasteiger partial charge in [-0.25, -0.2) is 9.78 Å². The van der Waals surface area contributed by atoms with Gasteiger partial charge in [-0.3, -0.25) is 9.59 Å². The van der Waals surface area contributed by atoms with Crippen LogP contribution in [0.15, 0.2) is 36.5 Å². The lowest BCUT2D eigenvalue weighted by Crippen LogP contribution is -2.54. The third-order valence-corrected chi connectivity index (χ3v) is 5.02. The Bertz CT molecular complexity index is 1250. The average Bonchev–Trinajstić information content (AvgIpc) is 2.78. The quantitative estimate of drug-likeness (QED) is 0.231. The second kappa shape index (κ2) is 9.54. The maximum atomic E-state index is 12.4. The number of amides is 1. The fourth-order valence-electron chi connectivity index (χ4n) is 3.19. The fraction of sp³-hybridized carbons (Fsp3) is 0.238. The van der Waals surface area contributed by atoms with Gasteiger partial charge in [-0.2, -0.15) is 9.97 Å². The number of nitrogens with zero attached hydrogens (tertiary/aromatic N) is 4. The first-order chi connectivity index (χ1) is 16.0. The Labute approximate surface area is 193 Å². The minimum absolute atomic E-state index is 0.0372. The van der Waals surface area contributed by atoms with Crippen LogP contribution < -0.4 is 21.7 Å². The number of aliphatic hydroxyl groups is 1. The number of hydrogen-bond donors (Lipinski definition) is 6. The summed E-state index contributed by atoms with van der Waals surface area (Å²) < 4.78 is 0. The summed E-state index contributed by atoms with van der Waals surface area (Å²) in [5.41, 5.74) is 10.8. The van der Waals surface area contributed by atoms with Gasteiger partial charge in [0.25, 0.3) is 5.91 Å². The Morgan fingerprint density at radius 1 is 1.12 bits per heavy atom. The molecule has 3 rings (SSSR count). The number of fused-ring (bicyclic) bond motifs is 1. The molecule has 0 aliphatic carbocycles. The van der Waals surface area contributed by atoms with Crippen LogP contribution in [0.5, 0.6) is 0 Å². The third kappa shape index (κ3) is 5.45. The molecule has 0 spiro atoms. The fourth-order valence-corrected chi connectivity index (χ4v) is 3.19. The van der Waals surface area contributed by atoms with E-state index in [4.69, 9.17) is 16.6 Å². The second-order valence-electron chi connectivity index (χ2n) is 7.60. The van der Waals surface area contributed by atoms with Crippen LogP contribution >= 0.6 is 0 Å². The summed E-state index contributed by atoms with van der Waals surface area (Å²) in [6, 6.07) is 7.98. The van der Waals surface area contributed by atoms with E-state index in [1.807, 2.05) is 17.3 Å². The number of hydrogen-bond acceptors (Lipinski definition) is 10. The number of aromatic nitrogens is 3. The van der Waals surface area contributed by atoms with Crippen LogP contribution in [0.3, 0.4) is 0 Å². The standard InChI is InChI=1S/C21H23N7O6/c1-28(10-11-8-14-16(22)25-20(23)26-17(14)24-9-11)13-4-2-12(3-5-13)18(31)27-21(34,19(32)33)7-6-15(29)30/h2-5,8-9,34H,6-7,10H2,1H3,(H,27,31)(H,29,30)(H,32,33)(H4,22,23,24,25,26)/t21-/m1/s1. The van der Waals surface area contributed by atoms with E-state index in [1.54, 1.807) is 24.4 Å². The Morgan fingerprint density at radius 3 is 2.41 bits per heavy atom. The smallest absolute Gasteiger partial charge is 0.357 e. The molecule has 0 aliphatic rings. The number of benzene rings is 1. The number of carbonyl (C=O) groups excluding carboxylic acids is 1. The van der Waals surface area contributed by atoms with Crippen LogP contribution in [0.4, 0.5) is 17.5 Å². The lowest BCUT2D eigenvalue weighted by molar-refractivity contribution is -0.163. The van der Waals surface area contributed by atoms with E-state index in [2.05, 4.69) is 15.0 Å². The molecule has 0 saturated heterocycles. The Hall–Kier alpha value is -4.52. The molecule has 1 amide bonds. The van der Waals surface area contributed by atoms with Crippen molar-refractivity contribution in [1.29, 1.82) is 0 Å². The van der Waals surface area contributed by atoms with E-state index in [9.17, 15) is 24.6 Å². The van der Waals surface area contributed by atoms with E-state index in [1.165, 1.54) is 12.1 Å². The molecule has 13 nitrogen and oxygen atoms in total. The zero-order chi connectivity index (χ0) is 25.0. The average molecular weight is 469 g/mol. The highest BCUT2D eigenvalue weighted by Gasteiger charge is 2.38. The predicted molar refractivity (Wildman–Crippen MR) is 122 cm³/mol. The number of carbonyl (C=O) groups is 3. The van der Waals surface area contributed by atoms with E-state index in [0.29, 0.717) is 17.6 Å². The first-order valence-electron chi connectivity index (χ1n) is 9.97. The van der Waals surface area contributed by atoms with Crippen molar-refractivity contribution in [2.24, 2.45) is 0 Å². The SMILES string of the molecule is CN(Cc1cnc2nc(N)nc(N)c2c1)c1ccc(C(=O)N[C@@](O)(CCC(=O)O)C(=O)O)cc1.